The average molecular weight is 236 g/mol. The summed E-state index contributed by atoms with van der Waals surface area (Å²) in [5.74, 6) is 0.319. The van der Waals surface area contributed by atoms with Crippen LogP contribution in [0.2, 0.25) is 0 Å². The maximum absolute atomic E-state index is 9.42. The van der Waals surface area contributed by atoms with Gasteiger partial charge in [0.05, 0.1) is 12.7 Å². The average Bonchev–Trinajstić information content (AvgIpc) is 2.29. The zero-order valence-electron chi connectivity index (χ0n) is 10.2. The van der Waals surface area contributed by atoms with Gasteiger partial charge in [0, 0.05) is 25.7 Å². The highest BCUT2D eigenvalue weighted by Gasteiger charge is 2.23. The molecule has 0 saturated carbocycles. The number of nitrogens with two attached hydrogens (primary N) is 1. The quantitative estimate of drug-likeness (QED) is 0.820. The molecule has 1 fully saturated rings. The van der Waals surface area contributed by atoms with Gasteiger partial charge in [-0.1, -0.05) is 12.1 Å². The number of phenolic OH excluding ortho intramolecular Hbond substituents is 1. The third kappa shape index (κ3) is 3.43. The van der Waals surface area contributed by atoms with Crippen LogP contribution in [0.5, 0.6) is 5.75 Å². The highest BCUT2D eigenvalue weighted by molar-refractivity contribution is 5.27. The predicted octanol–water partition coefficient (Wildman–Crippen LogP) is 0.940. The number of hydrogen-bond donors (Lipinski definition) is 2. The van der Waals surface area contributed by atoms with Gasteiger partial charge in [0.1, 0.15) is 5.75 Å². The molecule has 1 aliphatic rings. The van der Waals surface area contributed by atoms with Gasteiger partial charge in [-0.15, -0.1) is 0 Å². The normalized spacial score (nSPS) is 23.5. The lowest BCUT2D eigenvalue weighted by atomic mass is 10.1. The van der Waals surface area contributed by atoms with E-state index in [1.165, 1.54) is 0 Å². The second kappa shape index (κ2) is 5.49. The van der Waals surface area contributed by atoms with Crippen molar-refractivity contribution in [2.75, 3.05) is 19.7 Å². The molecular formula is C13H20N2O2. The first-order valence-electron chi connectivity index (χ1n) is 6.02. The zero-order valence-corrected chi connectivity index (χ0v) is 10.2. The fourth-order valence-corrected chi connectivity index (χ4v) is 2.11. The molecule has 94 valence electrons. The fraction of sp³-hybridized carbons (Fsp3) is 0.538. The summed E-state index contributed by atoms with van der Waals surface area (Å²) in [5.41, 5.74) is 6.98. The third-order valence-electron chi connectivity index (χ3n) is 3.08. The number of aromatic hydroxyl groups is 1. The molecule has 0 spiro atoms. The maximum atomic E-state index is 9.42. The second-order valence-electron chi connectivity index (χ2n) is 4.67. The van der Waals surface area contributed by atoms with Crippen molar-refractivity contribution >= 4 is 0 Å². The second-order valence-corrected chi connectivity index (χ2v) is 4.67. The highest BCUT2D eigenvalue weighted by atomic mass is 16.5. The summed E-state index contributed by atoms with van der Waals surface area (Å²) in [6, 6.07) is 7.44. The Labute approximate surface area is 102 Å². The Kier molecular flexibility index (Phi) is 3.99. The summed E-state index contributed by atoms with van der Waals surface area (Å²) in [4.78, 5) is 2.31. The van der Waals surface area contributed by atoms with E-state index in [0.717, 1.165) is 31.8 Å². The first-order valence-corrected chi connectivity index (χ1v) is 6.02. The van der Waals surface area contributed by atoms with E-state index in [2.05, 4.69) is 4.90 Å². The molecule has 4 heteroatoms. The molecule has 2 rings (SSSR count). The lowest BCUT2D eigenvalue weighted by Gasteiger charge is -2.34. The molecule has 2 atom stereocenters. The van der Waals surface area contributed by atoms with Gasteiger partial charge < -0.3 is 15.6 Å². The Bertz CT molecular complexity index is 368. The number of hydrogen-bond acceptors (Lipinski definition) is 4. The van der Waals surface area contributed by atoms with E-state index < -0.39 is 0 Å². The van der Waals surface area contributed by atoms with Crippen molar-refractivity contribution in [2.45, 2.75) is 25.6 Å². The molecule has 0 aliphatic carbocycles. The molecule has 0 amide bonds. The summed E-state index contributed by atoms with van der Waals surface area (Å²) in [7, 11) is 0. The Balaban J connectivity index is 1.94. The SMILES string of the molecule is CC(N)C1CN(Cc2cccc(O)c2)CCO1. The minimum Gasteiger partial charge on any atom is -0.508 e. The van der Waals surface area contributed by atoms with Crippen LogP contribution >= 0.6 is 0 Å². The summed E-state index contributed by atoms with van der Waals surface area (Å²) in [6.45, 7) is 5.31. The Morgan fingerprint density at radius 2 is 2.41 bits per heavy atom. The Morgan fingerprint density at radius 1 is 1.59 bits per heavy atom. The molecular weight excluding hydrogens is 216 g/mol. The van der Waals surface area contributed by atoms with Crippen LogP contribution in [0.15, 0.2) is 24.3 Å². The van der Waals surface area contributed by atoms with Gasteiger partial charge in [0.25, 0.3) is 0 Å². The highest BCUT2D eigenvalue weighted by Crippen LogP contribution is 2.15. The van der Waals surface area contributed by atoms with Crippen LogP contribution < -0.4 is 5.73 Å². The Morgan fingerprint density at radius 3 is 3.12 bits per heavy atom. The van der Waals surface area contributed by atoms with Gasteiger partial charge in [0.15, 0.2) is 0 Å². The van der Waals surface area contributed by atoms with E-state index in [4.69, 9.17) is 10.5 Å². The van der Waals surface area contributed by atoms with Crippen molar-refractivity contribution in [1.82, 2.24) is 4.90 Å². The van der Waals surface area contributed by atoms with Gasteiger partial charge in [-0.25, -0.2) is 0 Å². The largest absolute Gasteiger partial charge is 0.508 e. The molecule has 1 saturated heterocycles. The van der Waals surface area contributed by atoms with Crippen molar-refractivity contribution in [3.63, 3.8) is 0 Å². The van der Waals surface area contributed by atoms with Crippen molar-refractivity contribution in [1.29, 1.82) is 0 Å². The van der Waals surface area contributed by atoms with E-state index in [1.54, 1.807) is 12.1 Å². The number of nitrogens with zero attached hydrogens (tertiary/aromatic N) is 1. The topological polar surface area (TPSA) is 58.7 Å². The molecule has 1 aromatic carbocycles. The first kappa shape index (κ1) is 12.4. The van der Waals surface area contributed by atoms with Crippen LogP contribution in [-0.4, -0.2) is 41.8 Å². The van der Waals surface area contributed by atoms with Gasteiger partial charge in [-0.2, -0.15) is 0 Å². The summed E-state index contributed by atoms with van der Waals surface area (Å²) >= 11 is 0. The van der Waals surface area contributed by atoms with E-state index in [0.29, 0.717) is 5.75 Å². The van der Waals surface area contributed by atoms with Crippen molar-refractivity contribution in [2.24, 2.45) is 5.73 Å². The molecule has 0 bridgehead atoms. The fourth-order valence-electron chi connectivity index (χ4n) is 2.11. The predicted molar refractivity (Wildman–Crippen MR) is 66.8 cm³/mol. The van der Waals surface area contributed by atoms with Crippen LogP contribution in [0, 0.1) is 0 Å². The molecule has 1 heterocycles. The van der Waals surface area contributed by atoms with Crippen molar-refractivity contribution < 1.29 is 9.84 Å². The van der Waals surface area contributed by atoms with Crippen LogP contribution in [0.3, 0.4) is 0 Å². The summed E-state index contributed by atoms with van der Waals surface area (Å²) < 4.78 is 5.61. The number of phenols is 1. The van der Waals surface area contributed by atoms with Gasteiger partial charge in [-0.3, -0.25) is 4.90 Å². The van der Waals surface area contributed by atoms with Crippen molar-refractivity contribution in [3.05, 3.63) is 29.8 Å². The zero-order chi connectivity index (χ0) is 12.3. The van der Waals surface area contributed by atoms with E-state index in [9.17, 15) is 5.11 Å². The maximum Gasteiger partial charge on any atom is 0.115 e. The number of rotatable bonds is 3. The van der Waals surface area contributed by atoms with Crippen LogP contribution in [0.25, 0.3) is 0 Å². The molecule has 17 heavy (non-hydrogen) atoms. The van der Waals surface area contributed by atoms with Crippen LogP contribution in [-0.2, 0) is 11.3 Å². The lowest BCUT2D eigenvalue weighted by molar-refractivity contribution is -0.0403. The van der Waals surface area contributed by atoms with Crippen molar-refractivity contribution in [3.8, 4) is 5.75 Å². The Hall–Kier alpha value is -1.10. The van der Waals surface area contributed by atoms with E-state index >= 15 is 0 Å². The summed E-state index contributed by atoms with van der Waals surface area (Å²) in [5, 5.41) is 9.42. The number of morpholine rings is 1. The molecule has 0 aromatic heterocycles. The van der Waals surface area contributed by atoms with Crippen LogP contribution in [0.1, 0.15) is 12.5 Å². The first-order chi connectivity index (χ1) is 8.15. The minimum absolute atomic E-state index is 0.0574. The molecule has 2 unspecified atom stereocenters. The molecule has 0 radical (unpaired) electrons. The van der Waals surface area contributed by atoms with E-state index in [-0.39, 0.29) is 12.1 Å². The monoisotopic (exact) mass is 236 g/mol. The molecule has 1 aliphatic heterocycles. The smallest absolute Gasteiger partial charge is 0.115 e. The molecule has 4 nitrogen and oxygen atoms in total. The van der Waals surface area contributed by atoms with E-state index in [1.807, 2.05) is 19.1 Å². The minimum atomic E-state index is 0.0574. The van der Waals surface area contributed by atoms with Gasteiger partial charge >= 0.3 is 0 Å². The number of benzene rings is 1. The third-order valence-corrected chi connectivity index (χ3v) is 3.08. The van der Waals surface area contributed by atoms with Gasteiger partial charge in [-0.05, 0) is 24.6 Å². The number of ether oxygens (including phenoxy) is 1. The van der Waals surface area contributed by atoms with Crippen LogP contribution in [0.4, 0.5) is 0 Å². The standard InChI is InChI=1S/C13H20N2O2/c1-10(14)13-9-15(5-6-17-13)8-11-3-2-4-12(16)7-11/h2-4,7,10,13,16H,5-6,8-9,14H2,1H3. The lowest BCUT2D eigenvalue weighted by Crippen LogP contribution is -2.49. The summed E-state index contributed by atoms with van der Waals surface area (Å²) in [6.07, 6.45) is 0.112. The molecule has 3 N–H and O–H groups in total. The molecule has 1 aromatic rings. The van der Waals surface area contributed by atoms with Gasteiger partial charge in [0.2, 0.25) is 0 Å².